The number of amides is 2. The molecule has 0 radical (unpaired) electrons. The molecule has 3 rings (SSSR count). The van der Waals surface area contributed by atoms with Gasteiger partial charge in [0.05, 0.1) is 6.42 Å². The van der Waals surface area contributed by atoms with Crippen molar-refractivity contribution in [1.29, 1.82) is 0 Å². The number of aryl methyl sites for hydroxylation is 1. The summed E-state index contributed by atoms with van der Waals surface area (Å²) in [5.74, 6) is -0.573. The van der Waals surface area contributed by atoms with Crippen LogP contribution < -0.4 is 10.9 Å². The number of fused-ring (bicyclic) bond motifs is 1. The van der Waals surface area contributed by atoms with Gasteiger partial charge in [-0.05, 0) is 35.7 Å². The van der Waals surface area contributed by atoms with Crippen molar-refractivity contribution in [3.63, 3.8) is 0 Å². The van der Waals surface area contributed by atoms with Crippen LogP contribution in [0.4, 0.5) is 0 Å². The Hall–Kier alpha value is -2.50. The monoisotopic (exact) mass is 389 g/mol. The molecule has 0 aliphatic rings. The molecule has 2 aromatic carbocycles. The molecule has 1 heterocycles. The predicted molar refractivity (Wildman–Crippen MR) is 103 cm³/mol. The Labute approximate surface area is 160 Å². The fourth-order valence-electron chi connectivity index (χ4n) is 2.67. The summed E-state index contributed by atoms with van der Waals surface area (Å²) in [6, 6.07) is 12.9. The van der Waals surface area contributed by atoms with E-state index in [1.807, 2.05) is 24.3 Å². The van der Waals surface area contributed by atoms with Crippen LogP contribution in [0, 0.1) is 0 Å². The van der Waals surface area contributed by atoms with Crippen molar-refractivity contribution >= 4 is 45.9 Å². The molecule has 26 heavy (non-hydrogen) atoms. The number of rotatable bonds is 5. The highest BCUT2D eigenvalue weighted by atomic mass is 35.5. The smallest absolute Gasteiger partial charge is 0.242 e. The normalized spacial score (nSPS) is 10.7. The first kappa shape index (κ1) is 18.3. The van der Waals surface area contributed by atoms with Crippen molar-refractivity contribution in [1.82, 2.24) is 15.8 Å². The van der Waals surface area contributed by atoms with Crippen LogP contribution in [0.5, 0.6) is 0 Å². The number of nitrogens with one attached hydrogen (secondary N) is 3. The number of carbonyl (C=O) groups is 2. The number of benzene rings is 2. The third kappa shape index (κ3) is 4.56. The summed E-state index contributed by atoms with van der Waals surface area (Å²) in [5.41, 5.74) is 7.54. The Morgan fingerprint density at radius 1 is 0.962 bits per heavy atom. The van der Waals surface area contributed by atoms with E-state index in [-0.39, 0.29) is 24.7 Å². The quantitative estimate of drug-likeness (QED) is 0.580. The highest BCUT2D eigenvalue weighted by Gasteiger charge is 2.10. The highest BCUT2D eigenvalue weighted by Crippen LogP contribution is 2.22. The summed E-state index contributed by atoms with van der Waals surface area (Å²) in [4.78, 5) is 27.1. The molecule has 0 unspecified atom stereocenters. The van der Waals surface area contributed by atoms with Crippen LogP contribution in [-0.2, 0) is 22.4 Å². The molecule has 0 atom stereocenters. The van der Waals surface area contributed by atoms with Crippen molar-refractivity contribution < 1.29 is 9.59 Å². The lowest BCUT2D eigenvalue weighted by molar-refractivity contribution is -0.128. The summed E-state index contributed by atoms with van der Waals surface area (Å²) in [6.45, 7) is 0. The Kier molecular flexibility index (Phi) is 5.81. The number of hydrogen-bond acceptors (Lipinski definition) is 2. The molecule has 0 saturated heterocycles. The maximum atomic E-state index is 12.0. The second kappa shape index (κ2) is 8.25. The van der Waals surface area contributed by atoms with E-state index in [2.05, 4.69) is 15.8 Å². The van der Waals surface area contributed by atoms with Gasteiger partial charge in [0.1, 0.15) is 0 Å². The number of halogens is 2. The molecule has 0 spiro atoms. The van der Waals surface area contributed by atoms with Crippen LogP contribution in [0.25, 0.3) is 10.9 Å². The zero-order chi connectivity index (χ0) is 18.5. The number of H-pyrrole nitrogens is 1. The first-order valence-corrected chi connectivity index (χ1v) is 8.85. The fraction of sp³-hybridized carbons (Fsp3) is 0.158. The Balaban J connectivity index is 1.47. The minimum absolute atomic E-state index is 0.174. The average molecular weight is 390 g/mol. The minimum Gasteiger partial charge on any atom is -0.361 e. The molecule has 0 aliphatic heterocycles. The Morgan fingerprint density at radius 2 is 1.73 bits per heavy atom. The summed E-state index contributed by atoms with van der Waals surface area (Å²) in [5, 5.41) is 2.06. The summed E-state index contributed by atoms with van der Waals surface area (Å²) >= 11 is 11.9. The Bertz CT molecular complexity index is 953. The second-order valence-corrected chi connectivity index (χ2v) is 6.71. The Morgan fingerprint density at radius 3 is 2.54 bits per heavy atom. The van der Waals surface area contributed by atoms with Crippen molar-refractivity contribution in [3.8, 4) is 0 Å². The lowest BCUT2D eigenvalue weighted by Gasteiger charge is -2.08. The summed E-state index contributed by atoms with van der Waals surface area (Å²) in [6.07, 6.45) is 2.64. The van der Waals surface area contributed by atoms with E-state index < -0.39 is 0 Å². The number of para-hydroxylation sites is 1. The molecule has 0 bridgehead atoms. The molecular formula is C19H17Cl2N3O2. The van der Waals surface area contributed by atoms with E-state index in [1.54, 1.807) is 24.4 Å². The molecule has 0 aliphatic carbocycles. The van der Waals surface area contributed by atoms with E-state index >= 15 is 0 Å². The van der Waals surface area contributed by atoms with Gasteiger partial charge in [0.2, 0.25) is 11.8 Å². The zero-order valence-corrected chi connectivity index (χ0v) is 15.3. The molecule has 2 amide bonds. The van der Waals surface area contributed by atoms with Gasteiger partial charge in [-0.25, -0.2) is 0 Å². The van der Waals surface area contributed by atoms with Crippen LogP contribution in [-0.4, -0.2) is 16.8 Å². The topological polar surface area (TPSA) is 74.0 Å². The van der Waals surface area contributed by atoms with Crippen molar-refractivity contribution in [2.24, 2.45) is 0 Å². The molecule has 7 heteroatoms. The number of aromatic nitrogens is 1. The first-order chi connectivity index (χ1) is 12.5. The molecule has 3 aromatic rings. The molecular weight excluding hydrogens is 373 g/mol. The third-order valence-corrected chi connectivity index (χ3v) is 4.59. The second-order valence-electron chi connectivity index (χ2n) is 5.87. The number of carbonyl (C=O) groups excluding carboxylic acids is 2. The van der Waals surface area contributed by atoms with Gasteiger partial charge in [0.25, 0.3) is 0 Å². The SMILES string of the molecule is O=C(CCc1ccc(Cl)cc1Cl)NNC(=O)Cc1c[nH]c2ccccc12. The summed E-state index contributed by atoms with van der Waals surface area (Å²) < 4.78 is 0. The predicted octanol–water partition coefficient (Wildman–Crippen LogP) is 3.80. The molecule has 0 fully saturated rings. The van der Waals surface area contributed by atoms with Crippen molar-refractivity contribution in [2.45, 2.75) is 19.3 Å². The van der Waals surface area contributed by atoms with E-state index in [0.717, 1.165) is 22.0 Å². The average Bonchev–Trinajstić information content (AvgIpc) is 3.02. The minimum atomic E-state index is -0.289. The van der Waals surface area contributed by atoms with E-state index in [9.17, 15) is 9.59 Å². The van der Waals surface area contributed by atoms with Crippen molar-refractivity contribution in [2.75, 3.05) is 0 Å². The van der Waals surface area contributed by atoms with Gasteiger partial charge < -0.3 is 4.98 Å². The van der Waals surface area contributed by atoms with Gasteiger partial charge in [-0.3, -0.25) is 20.4 Å². The molecule has 5 nitrogen and oxygen atoms in total. The molecule has 1 aromatic heterocycles. The van der Waals surface area contributed by atoms with Gasteiger partial charge >= 0.3 is 0 Å². The highest BCUT2D eigenvalue weighted by molar-refractivity contribution is 6.35. The lowest BCUT2D eigenvalue weighted by atomic mass is 10.1. The zero-order valence-electron chi connectivity index (χ0n) is 13.8. The summed E-state index contributed by atoms with van der Waals surface area (Å²) in [7, 11) is 0. The van der Waals surface area contributed by atoms with Crippen LogP contribution in [0.3, 0.4) is 0 Å². The molecule has 134 valence electrons. The van der Waals surface area contributed by atoms with Gasteiger partial charge in [0, 0.05) is 33.6 Å². The van der Waals surface area contributed by atoms with Crippen molar-refractivity contribution in [3.05, 3.63) is 69.8 Å². The van der Waals surface area contributed by atoms with Gasteiger partial charge in [-0.2, -0.15) is 0 Å². The largest absolute Gasteiger partial charge is 0.361 e. The molecule has 3 N–H and O–H groups in total. The number of aromatic amines is 1. The number of hydrogen-bond donors (Lipinski definition) is 3. The third-order valence-electron chi connectivity index (χ3n) is 4.00. The lowest BCUT2D eigenvalue weighted by Crippen LogP contribution is -2.42. The maximum absolute atomic E-state index is 12.0. The van der Waals surface area contributed by atoms with Crippen LogP contribution >= 0.6 is 23.2 Å². The van der Waals surface area contributed by atoms with E-state index in [0.29, 0.717) is 16.5 Å². The van der Waals surface area contributed by atoms with Gasteiger partial charge in [-0.15, -0.1) is 0 Å². The van der Waals surface area contributed by atoms with Crippen LogP contribution in [0.1, 0.15) is 17.5 Å². The van der Waals surface area contributed by atoms with Gasteiger partial charge in [-0.1, -0.05) is 47.5 Å². The van der Waals surface area contributed by atoms with Crippen LogP contribution in [0.15, 0.2) is 48.7 Å². The molecule has 0 saturated carbocycles. The van der Waals surface area contributed by atoms with Gasteiger partial charge in [0.15, 0.2) is 0 Å². The van der Waals surface area contributed by atoms with E-state index in [1.165, 1.54) is 0 Å². The standard InChI is InChI=1S/C19H17Cl2N3O2/c20-14-7-5-12(16(21)10-14)6-8-18(25)23-24-19(26)9-13-11-22-17-4-2-1-3-15(13)17/h1-5,7,10-11,22H,6,8-9H2,(H,23,25)(H,24,26). The van der Waals surface area contributed by atoms with Crippen LogP contribution in [0.2, 0.25) is 10.0 Å². The maximum Gasteiger partial charge on any atom is 0.242 e. The number of hydrazine groups is 1. The van der Waals surface area contributed by atoms with E-state index in [4.69, 9.17) is 23.2 Å². The first-order valence-electron chi connectivity index (χ1n) is 8.09. The fourth-order valence-corrected chi connectivity index (χ4v) is 3.17.